The highest BCUT2D eigenvalue weighted by Gasteiger charge is 2.23. The molecule has 14 heavy (non-hydrogen) atoms. The van der Waals surface area contributed by atoms with Gasteiger partial charge in [0, 0.05) is 5.92 Å². The zero-order valence-electron chi connectivity index (χ0n) is 8.88. The third kappa shape index (κ3) is 3.06. The highest BCUT2D eigenvalue weighted by atomic mass is 16.1. The van der Waals surface area contributed by atoms with Crippen molar-refractivity contribution in [2.24, 2.45) is 5.92 Å². The van der Waals surface area contributed by atoms with E-state index in [4.69, 9.17) is 6.42 Å². The van der Waals surface area contributed by atoms with Crippen LogP contribution in [0.3, 0.4) is 0 Å². The lowest BCUT2D eigenvalue weighted by molar-refractivity contribution is -0.125. The molecule has 1 aliphatic carbocycles. The largest absolute Gasteiger partial charge is 0.342 e. The molecule has 0 aromatic rings. The number of amides is 1. The SMILES string of the molecule is C#CC(CCC)NC(=O)C1CCCC1. The van der Waals surface area contributed by atoms with Gasteiger partial charge in [-0.3, -0.25) is 4.79 Å². The van der Waals surface area contributed by atoms with E-state index in [2.05, 4.69) is 18.2 Å². The Kier molecular flexibility index (Phi) is 4.52. The summed E-state index contributed by atoms with van der Waals surface area (Å²) in [6.07, 6.45) is 11.7. The van der Waals surface area contributed by atoms with Gasteiger partial charge in [-0.1, -0.05) is 32.1 Å². The van der Waals surface area contributed by atoms with E-state index in [1.54, 1.807) is 0 Å². The summed E-state index contributed by atoms with van der Waals surface area (Å²) in [7, 11) is 0. The summed E-state index contributed by atoms with van der Waals surface area (Å²) < 4.78 is 0. The van der Waals surface area contributed by atoms with Gasteiger partial charge in [-0.2, -0.15) is 0 Å². The lowest BCUT2D eigenvalue weighted by Crippen LogP contribution is -2.37. The number of terminal acetylenes is 1. The minimum Gasteiger partial charge on any atom is -0.342 e. The second kappa shape index (κ2) is 5.70. The molecule has 0 saturated heterocycles. The fourth-order valence-electron chi connectivity index (χ4n) is 1.96. The summed E-state index contributed by atoms with van der Waals surface area (Å²) in [6.45, 7) is 2.08. The summed E-state index contributed by atoms with van der Waals surface area (Å²) >= 11 is 0. The predicted octanol–water partition coefficient (Wildman–Crippen LogP) is 2.09. The van der Waals surface area contributed by atoms with E-state index in [9.17, 15) is 4.79 Å². The van der Waals surface area contributed by atoms with Gasteiger partial charge in [0.25, 0.3) is 0 Å². The smallest absolute Gasteiger partial charge is 0.224 e. The van der Waals surface area contributed by atoms with Crippen molar-refractivity contribution in [3.63, 3.8) is 0 Å². The van der Waals surface area contributed by atoms with Crippen molar-refractivity contribution < 1.29 is 4.79 Å². The molecule has 2 nitrogen and oxygen atoms in total. The van der Waals surface area contributed by atoms with Crippen molar-refractivity contribution in [1.29, 1.82) is 0 Å². The predicted molar refractivity (Wildman–Crippen MR) is 57.6 cm³/mol. The summed E-state index contributed by atoms with van der Waals surface area (Å²) in [6, 6.07) is -0.0619. The van der Waals surface area contributed by atoms with Crippen molar-refractivity contribution in [3.8, 4) is 12.3 Å². The molecule has 1 N–H and O–H groups in total. The Balaban J connectivity index is 2.34. The fraction of sp³-hybridized carbons (Fsp3) is 0.750. The molecule has 0 aromatic heterocycles. The Morgan fingerprint density at radius 1 is 1.57 bits per heavy atom. The van der Waals surface area contributed by atoms with Crippen LogP contribution in [0.2, 0.25) is 0 Å². The van der Waals surface area contributed by atoms with Crippen LogP contribution in [0.1, 0.15) is 45.4 Å². The Labute approximate surface area is 86.5 Å². The molecule has 1 atom stereocenters. The maximum atomic E-state index is 11.7. The van der Waals surface area contributed by atoms with Crippen molar-refractivity contribution in [1.82, 2.24) is 5.32 Å². The van der Waals surface area contributed by atoms with Gasteiger partial charge in [-0.05, 0) is 19.3 Å². The molecule has 0 heterocycles. The standard InChI is InChI=1S/C12H19NO/c1-3-7-11(4-2)13-12(14)10-8-5-6-9-10/h2,10-11H,3,5-9H2,1H3,(H,13,14). The monoisotopic (exact) mass is 193 g/mol. The molecule has 1 aliphatic rings. The molecule has 1 unspecified atom stereocenters. The van der Waals surface area contributed by atoms with Gasteiger partial charge < -0.3 is 5.32 Å². The first-order valence-electron chi connectivity index (χ1n) is 5.54. The van der Waals surface area contributed by atoms with Crippen LogP contribution in [-0.4, -0.2) is 11.9 Å². The quantitative estimate of drug-likeness (QED) is 0.681. The number of hydrogen-bond acceptors (Lipinski definition) is 1. The minimum atomic E-state index is -0.0619. The number of hydrogen-bond donors (Lipinski definition) is 1. The van der Waals surface area contributed by atoms with Crippen LogP contribution >= 0.6 is 0 Å². The Bertz CT molecular complexity index is 223. The van der Waals surface area contributed by atoms with E-state index in [0.717, 1.165) is 25.7 Å². The van der Waals surface area contributed by atoms with Gasteiger partial charge in [0.1, 0.15) is 0 Å². The van der Waals surface area contributed by atoms with Crippen molar-refractivity contribution in [2.75, 3.05) is 0 Å². The molecule has 1 amide bonds. The van der Waals surface area contributed by atoms with Crippen LogP contribution in [0, 0.1) is 18.3 Å². The highest BCUT2D eigenvalue weighted by molar-refractivity contribution is 5.79. The second-order valence-corrected chi connectivity index (χ2v) is 4.00. The number of rotatable bonds is 4. The molecule has 1 saturated carbocycles. The average molecular weight is 193 g/mol. The lowest BCUT2D eigenvalue weighted by Gasteiger charge is -2.15. The Morgan fingerprint density at radius 3 is 2.71 bits per heavy atom. The van der Waals surface area contributed by atoms with Crippen molar-refractivity contribution >= 4 is 5.91 Å². The Hall–Kier alpha value is -0.970. The van der Waals surface area contributed by atoms with Crippen LogP contribution in [0.25, 0.3) is 0 Å². The zero-order valence-corrected chi connectivity index (χ0v) is 8.88. The van der Waals surface area contributed by atoms with Crippen LogP contribution in [-0.2, 0) is 4.79 Å². The molecule has 0 aromatic carbocycles. The van der Waals surface area contributed by atoms with Crippen LogP contribution in [0.5, 0.6) is 0 Å². The molecule has 2 heteroatoms. The molecule has 0 spiro atoms. The van der Waals surface area contributed by atoms with E-state index in [1.807, 2.05) is 0 Å². The second-order valence-electron chi connectivity index (χ2n) is 4.00. The van der Waals surface area contributed by atoms with Gasteiger partial charge in [0.2, 0.25) is 5.91 Å². The zero-order chi connectivity index (χ0) is 10.4. The summed E-state index contributed by atoms with van der Waals surface area (Å²) in [5.74, 6) is 3.02. The molecular weight excluding hydrogens is 174 g/mol. The van der Waals surface area contributed by atoms with E-state index in [-0.39, 0.29) is 17.9 Å². The van der Waals surface area contributed by atoms with Crippen molar-refractivity contribution in [2.45, 2.75) is 51.5 Å². The topological polar surface area (TPSA) is 29.1 Å². The van der Waals surface area contributed by atoms with Gasteiger partial charge in [-0.15, -0.1) is 6.42 Å². The van der Waals surface area contributed by atoms with Crippen LogP contribution < -0.4 is 5.32 Å². The molecule has 0 radical (unpaired) electrons. The summed E-state index contributed by atoms with van der Waals surface area (Å²) in [5.41, 5.74) is 0. The molecule has 1 fully saturated rings. The molecule has 0 aliphatic heterocycles. The summed E-state index contributed by atoms with van der Waals surface area (Å²) in [5, 5.41) is 2.93. The third-order valence-electron chi connectivity index (χ3n) is 2.82. The van der Waals surface area contributed by atoms with E-state index < -0.39 is 0 Å². The molecule has 1 rings (SSSR count). The van der Waals surface area contributed by atoms with Gasteiger partial charge in [0.05, 0.1) is 6.04 Å². The van der Waals surface area contributed by atoms with Crippen LogP contribution in [0.4, 0.5) is 0 Å². The minimum absolute atomic E-state index is 0.0619. The van der Waals surface area contributed by atoms with Gasteiger partial charge in [-0.25, -0.2) is 0 Å². The summed E-state index contributed by atoms with van der Waals surface area (Å²) in [4.78, 5) is 11.7. The van der Waals surface area contributed by atoms with Crippen molar-refractivity contribution in [3.05, 3.63) is 0 Å². The van der Waals surface area contributed by atoms with E-state index in [1.165, 1.54) is 12.8 Å². The molecule has 0 bridgehead atoms. The fourth-order valence-corrected chi connectivity index (χ4v) is 1.96. The normalized spacial score (nSPS) is 18.9. The number of nitrogens with one attached hydrogen (secondary N) is 1. The highest BCUT2D eigenvalue weighted by Crippen LogP contribution is 2.24. The maximum Gasteiger partial charge on any atom is 0.224 e. The first kappa shape index (κ1) is 11.1. The van der Waals surface area contributed by atoms with Crippen LogP contribution in [0.15, 0.2) is 0 Å². The van der Waals surface area contributed by atoms with Gasteiger partial charge >= 0.3 is 0 Å². The molecular formula is C12H19NO. The molecule has 78 valence electrons. The first-order chi connectivity index (χ1) is 6.77. The lowest BCUT2D eigenvalue weighted by atomic mass is 10.1. The average Bonchev–Trinajstić information content (AvgIpc) is 2.69. The van der Waals surface area contributed by atoms with E-state index in [0.29, 0.717) is 0 Å². The Morgan fingerprint density at radius 2 is 2.21 bits per heavy atom. The van der Waals surface area contributed by atoms with E-state index >= 15 is 0 Å². The third-order valence-corrected chi connectivity index (χ3v) is 2.82. The maximum absolute atomic E-state index is 11.7. The van der Waals surface area contributed by atoms with Gasteiger partial charge in [0.15, 0.2) is 0 Å². The number of carbonyl (C=O) groups is 1. The number of carbonyl (C=O) groups excluding carboxylic acids is 1. The first-order valence-corrected chi connectivity index (χ1v) is 5.54.